The van der Waals surface area contributed by atoms with Gasteiger partial charge in [-0.2, -0.15) is 5.06 Å². The van der Waals surface area contributed by atoms with Crippen molar-refractivity contribution >= 4 is 0 Å². The Morgan fingerprint density at radius 1 is 1.27 bits per heavy atom. The Balaban J connectivity index is 2.21. The molecule has 1 heterocycles. The third-order valence-corrected chi connectivity index (χ3v) is 2.80. The van der Waals surface area contributed by atoms with E-state index >= 15 is 0 Å². The highest BCUT2D eigenvalue weighted by Gasteiger charge is 2.32. The number of morpholine rings is 1. The molecule has 1 N–H and O–H groups in total. The first-order chi connectivity index (χ1) is 7.18. The van der Waals surface area contributed by atoms with Crippen molar-refractivity contribution in [1.82, 2.24) is 5.06 Å². The molecule has 0 radical (unpaired) electrons. The van der Waals surface area contributed by atoms with Crippen molar-refractivity contribution in [3.63, 3.8) is 0 Å². The van der Waals surface area contributed by atoms with Crippen molar-refractivity contribution in [2.24, 2.45) is 0 Å². The smallest absolute Gasteiger partial charge is 0.0860 e. The summed E-state index contributed by atoms with van der Waals surface area (Å²) < 4.78 is 5.72. The zero-order valence-corrected chi connectivity index (χ0v) is 9.13. The average molecular weight is 207 g/mol. The molecule has 1 aliphatic rings. The fraction of sp³-hybridized carbons (Fsp3) is 0.500. The molecule has 3 atom stereocenters. The molecule has 0 spiro atoms. The summed E-state index contributed by atoms with van der Waals surface area (Å²) in [5.41, 5.74) is 1.10. The third-order valence-electron chi connectivity index (χ3n) is 2.80. The maximum Gasteiger partial charge on any atom is 0.0860 e. The first kappa shape index (κ1) is 10.6. The van der Waals surface area contributed by atoms with Crippen LogP contribution in [0.3, 0.4) is 0 Å². The monoisotopic (exact) mass is 207 g/mol. The standard InChI is InChI=1S/C12H17NO2/c1-9-8-13(14)12(10(2)15-9)11-6-4-3-5-7-11/h3-7,9-10,12,14H,8H2,1-2H3. The molecular formula is C12H17NO2. The van der Waals surface area contributed by atoms with Crippen molar-refractivity contribution in [3.05, 3.63) is 35.9 Å². The second-order valence-electron chi connectivity index (χ2n) is 4.13. The number of benzene rings is 1. The minimum absolute atomic E-state index is 0.0150. The minimum atomic E-state index is -0.0533. The van der Waals surface area contributed by atoms with E-state index in [1.165, 1.54) is 5.06 Å². The van der Waals surface area contributed by atoms with Gasteiger partial charge in [0.2, 0.25) is 0 Å². The van der Waals surface area contributed by atoms with Crippen molar-refractivity contribution in [3.8, 4) is 0 Å². The summed E-state index contributed by atoms with van der Waals surface area (Å²) in [6.07, 6.45) is 0.103. The predicted molar refractivity (Wildman–Crippen MR) is 57.7 cm³/mol. The Morgan fingerprint density at radius 3 is 2.53 bits per heavy atom. The highest BCUT2D eigenvalue weighted by Crippen LogP contribution is 2.29. The van der Waals surface area contributed by atoms with Crippen LogP contribution in [0.5, 0.6) is 0 Å². The largest absolute Gasteiger partial charge is 0.372 e. The van der Waals surface area contributed by atoms with E-state index < -0.39 is 0 Å². The topological polar surface area (TPSA) is 32.7 Å². The van der Waals surface area contributed by atoms with Gasteiger partial charge in [-0.15, -0.1) is 0 Å². The lowest BCUT2D eigenvalue weighted by Crippen LogP contribution is -2.46. The Hall–Kier alpha value is -0.900. The summed E-state index contributed by atoms with van der Waals surface area (Å²) in [6, 6.07) is 9.92. The molecule has 2 rings (SSSR count). The van der Waals surface area contributed by atoms with Crippen LogP contribution in [-0.4, -0.2) is 29.0 Å². The molecule has 0 aromatic heterocycles. The van der Waals surface area contributed by atoms with Gasteiger partial charge < -0.3 is 9.94 Å². The van der Waals surface area contributed by atoms with Crippen LogP contribution in [0.25, 0.3) is 0 Å². The van der Waals surface area contributed by atoms with E-state index in [-0.39, 0.29) is 18.2 Å². The fourth-order valence-corrected chi connectivity index (χ4v) is 2.20. The van der Waals surface area contributed by atoms with E-state index in [0.29, 0.717) is 6.54 Å². The molecule has 1 aliphatic heterocycles. The van der Waals surface area contributed by atoms with Crippen LogP contribution < -0.4 is 0 Å². The Kier molecular flexibility index (Phi) is 3.05. The lowest BCUT2D eigenvalue weighted by Gasteiger charge is -2.39. The lowest BCUT2D eigenvalue weighted by molar-refractivity contribution is -0.227. The number of hydroxylamine groups is 2. The van der Waals surface area contributed by atoms with Gasteiger partial charge in [-0.1, -0.05) is 30.3 Å². The Bertz CT molecular complexity index is 303. The first-order valence-electron chi connectivity index (χ1n) is 5.34. The van der Waals surface area contributed by atoms with Crippen LogP contribution in [-0.2, 0) is 4.74 Å². The second kappa shape index (κ2) is 4.31. The number of ether oxygens (including phenoxy) is 1. The van der Waals surface area contributed by atoms with E-state index in [1.54, 1.807) is 0 Å². The van der Waals surface area contributed by atoms with Gasteiger partial charge in [0, 0.05) is 0 Å². The molecule has 1 saturated heterocycles. The predicted octanol–water partition coefficient (Wildman–Crippen LogP) is 2.23. The molecule has 1 fully saturated rings. The molecule has 3 unspecified atom stereocenters. The van der Waals surface area contributed by atoms with Crippen molar-refractivity contribution < 1.29 is 9.94 Å². The maximum absolute atomic E-state index is 9.92. The van der Waals surface area contributed by atoms with Gasteiger partial charge in [0.15, 0.2) is 0 Å². The zero-order chi connectivity index (χ0) is 10.8. The molecule has 3 nitrogen and oxygen atoms in total. The van der Waals surface area contributed by atoms with Gasteiger partial charge >= 0.3 is 0 Å². The average Bonchev–Trinajstić information content (AvgIpc) is 2.17. The lowest BCUT2D eigenvalue weighted by atomic mass is 10.00. The molecule has 82 valence electrons. The summed E-state index contributed by atoms with van der Waals surface area (Å²) in [6.45, 7) is 4.53. The summed E-state index contributed by atoms with van der Waals surface area (Å²) in [5.74, 6) is 0. The fourth-order valence-electron chi connectivity index (χ4n) is 2.20. The molecule has 0 amide bonds. The first-order valence-corrected chi connectivity index (χ1v) is 5.34. The van der Waals surface area contributed by atoms with Crippen LogP contribution >= 0.6 is 0 Å². The Morgan fingerprint density at radius 2 is 1.93 bits per heavy atom. The van der Waals surface area contributed by atoms with Gasteiger partial charge in [0.05, 0.1) is 24.8 Å². The van der Waals surface area contributed by atoms with Crippen LogP contribution in [0, 0.1) is 0 Å². The Labute approximate surface area is 90.2 Å². The zero-order valence-electron chi connectivity index (χ0n) is 9.13. The molecule has 1 aromatic rings. The molecule has 0 bridgehead atoms. The van der Waals surface area contributed by atoms with Crippen LogP contribution in [0.2, 0.25) is 0 Å². The number of hydrogen-bond donors (Lipinski definition) is 1. The van der Waals surface area contributed by atoms with Crippen molar-refractivity contribution in [1.29, 1.82) is 0 Å². The maximum atomic E-state index is 9.92. The van der Waals surface area contributed by atoms with Crippen molar-refractivity contribution in [2.45, 2.75) is 32.1 Å². The normalized spacial score (nSPS) is 32.9. The van der Waals surface area contributed by atoms with Gasteiger partial charge in [-0.25, -0.2) is 0 Å². The van der Waals surface area contributed by atoms with Gasteiger partial charge in [-0.3, -0.25) is 0 Å². The SMILES string of the molecule is CC1CN(O)C(c2ccccc2)C(C)O1. The summed E-state index contributed by atoms with van der Waals surface area (Å²) in [4.78, 5) is 0. The number of hydrogen-bond acceptors (Lipinski definition) is 3. The minimum Gasteiger partial charge on any atom is -0.372 e. The van der Waals surface area contributed by atoms with Gasteiger partial charge in [0.25, 0.3) is 0 Å². The van der Waals surface area contributed by atoms with E-state index in [0.717, 1.165) is 5.56 Å². The molecule has 0 aliphatic carbocycles. The van der Waals surface area contributed by atoms with Crippen LogP contribution in [0.4, 0.5) is 0 Å². The van der Waals surface area contributed by atoms with Crippen LogP contribution in [0.15, 0.2) is 30.3 Å². The quantitative estimate of drug-likeness (QED) is 0.766. The number of rotatable bonds is 1. The van der Waals surface area contributed by atoms with E-state index in [4.69, 9.17) is 4.74 Å². The van der Waals surface area contributed by atoms with Gasteiger partial charge in [-0.05, 0) is 19.4 Å². The molecule has 1 aromatic carbocycles. The highest BCUT2D eigenvalue weighted by atomic mass is 16.5. The second-order valence-corrected chi connectivity index (χ2v) is 4.13. The molecular weight excluding hydrogens is 190 g/mol. The van der Waals surface area contributed by atoms with Crippen LogP contribution in [0.1, 0.15) is 25.5 Å². The summed E-state index contributed by atoms with van der Waals surface area (Å²) >= 11 is 0. The van der Waals surface area contributed by atoms with Crippen molar-refractivity contribution in [2.75, 3.05) is 6.54 Å². The van der Waals surface area contributed by atoms with E-state index in [9.17, 15) is 5.21 Å². The summed E-state index contributed by atoms with van der Waals surface area (Å²) in [5, 5.41) is 11.3. The highest BCUT2D eigenvalue weighted by molar-refractivity contribution is 5.20. The molecule has 15 heavy (non-hydrogen) atoms. The third kappa shape index (κ3) is 2.20. The van der Waals surface area contributed by atoms with E-state index in [2.05, 4.69) is 0 Å². The molecule has 3 heteroatoms. The van der Waals surface area contributed by atoms with Gasteiger partial charge in [0.1, 0.15) is 0 Å². The number of nitrogens with zero attached hydrogens (tertiary/aromatic N) is 1. The molecule has 0 saturated carbocycles. The van der Waals surface area contributed by atoms with E-state index in [1.807, 2.05) is 44.2 Å². The summed E-state index contributed by atoms with van der Waals surface area (Å²) in [7, 11) is 0.